The maximum atomic E-state index is 12.1. The van der Waals surface area contributed by atoms with Crippen LogP contribution in [-0.4, -0.2) is 42.9 Å². The summed E-state index contributed by atoms with van der Waals surface area (Å²) in [6, 6.07) is 10.4. The number of benzene rings is 1. The van der Waals surface area contributed by atoms with E-state index in [-0.39, 0.29) is 30.6 Å². The summed E-state index contributed by atoms with van der Waals surface area (Å²) in [5.41, 5.74) is 1.21. The number of aliphatic hydroxyl groups excluding tert-OH is 1. The van der Waals surface area contributed by atoms with Gasteiger partial charge in [0.25, 0.3) is 0 Å². The first kappa shape index (κ1) is 14.9. The largest absolute Gasteiger partial charge is 0.396 e. The normalized spacial score (nSPS) is 27.1. The first-order valence-corrected chi connectivity index (χ1v) is 7.91. The van der Waals surface area contributed by atoms with Gasteiger partial charge in [-0.15, -0.1) is 0 Å². The fourth-order valence-electron chi connectivity index (χ4n) is 3.16. The van der Waals surface area contributed by atoms with E-state index in [0.29, 0.717) is 0 Å². The van der Waals surface area contributed by atoms with Crippen molar-refractivity contribution in [3.63, 3.8) is 0 Å². The lowest BCUT2D eigenvalue weighted by molar-refractivity contribution is 0.229. The predicted molar refractivity (Wildman–Crippen MR) is 86.8 cm³/mol. The number of amides is 2. The van der Waals surface area contributed by atoms with E-state index in [1.807, 2.05) is 30.4 Å². The van der Waals surface area contributed by atoms with Crippen LogP contribution >= 0.6 is 0 Å². The van der Waals surface area contributed by atoms with Gasteiger partial charge < -0.3 is 20.6 Å². The predicted octanol–water partition coefficient (Wildman–Crippen LogP) is 1.50. The molecule has 0 spiro atoms. The molecule has 1 aliphatic carbocycles. The highest BCUT2D eigenvalue weighted by Crippen LogP contribution is 2.20. The number of carbonyl (C=O) groups excluding carboxylic acids is 1. The maximum absolute atomic E-state index is 12.1. The van der Waals surface area contributed by atoms with E-state index in [2.05, 4.69) is 27.7 Å². The molecule has 0 saturated carbocycles. The molecule has 0 aromatic heterocycles. The zero-order chi connectivity index (χ0) is 15.4. The van der Waals surface area contributed by atoms with Gasteiger partial charge in [-0.05, 0) is 25.0 Å². The summed E-state index contributed by atoms with van der Waals surface area (Å²) in [6.07, 6.45) is 5.68. The highest BCUT2D eigenvalue weighted by atomic mass is 16.3. The fraction of sp³-hybridized carbons (Fsp3) is 0.471. The quantitative estimate of drug-likeness (QED) is 0.739. The number of urea groups is 1. The minimum absolute atomic E-state index is 0.0313. The summed E-state index contributed by atoms with van der Waals surface area (Å²) in [7, 11) is 0. The lowest BCUT2D eigenvalue weighted by atomic mass is 10.1. The number of aliphatic hydroxyl groups is 1. The first-order valence-electron chi connectivity index (χ1n) is 7.91. The van der Waals surface area contributed by atoms with Gasteiger partial charge in [-0.1, -0.05) is 30.4 Å². The van der Waals surface area contributed by atoms with Gasteiger partial charge in [-0.3, -0.25) is 0 Å². The van der Waals surface area contributed by atoms with Gasteiger partial charge in [0, 0.05) is 43.4 Å². The third-order valence-corrected chi connectivity index (χ3v) is 4.37. The van der Waals surface area contributed by atoms with Gasteiger partial charge in [0.2, 0.25) is 0 Å². The van der Waals surface area contributed by atoms with E-state index in [1.165, 1.54) is 5.69 Å². The van der Waals surface area contributed by atoms with Crippen LogP contribution in [-0.2, 0) is 0 Å². The van der Waals surface area contributed by atoms with Gasteiger partial charge in [-0.25, -0.2) is 4.79 Å². The topological polar surface area (TPSA) is 64.6 Å². The van der Waals surface area contributed by atoms with Crippen LogP contribution in [0, 0.1) is 5.92 Å². The molecule has 1 aromatic carbocycles. The summed E-state index contributed by atoms with van der Waals surface area (Å²) in [5, 5.41) is 15.1. The van der Waals surface area contributed by atoms with Crippen LogP contribution in [0.4, 0.5) is 10.5 Å². The van der Waals surface area contributed by atoms with Crippen LogP contribution in [0.25, 0.3) is 0 Å². The van der Waals surface area contributed by atoms with Crippen molar-refractivity contribution in [2.45, 2.75) is 24.9 Å². The van der Waals surface area contributed by atoms with Gasteiger partial charge in [0.05, 0.1) is 0 Å². The smallest absolute Gasteiger partial charge is 0.315 e. The monoisotopic (exact) mass is 301 g/mol. The number of nitrogens with one attached hydrogen (secondary N) is 2. The number of hydrogen-bond acceptors (Lipinski definition) is 3. The lowest BCUT2D eigenvalue weighted by Gasteiger charge is -2.20. The summed E-state index contributed by atoms with van der Waals surface area (Å²) in [6.45, 7) is 1.95. The van der Waals surface area contributed by atoms with Gasteiger partial charge in [0.15, 0.2) is 0 Å². The molecule has 2 aliphatic rings. The highest BCUT2D eigenvalue weighted by Gasteiger charge is 2.25. The zero-order valence-electron chi connectivity index (χ0n) is 12.6. The molecule has 1 aromatic rings. The Morgan fingerprint density at radius 2 is 2.05 bits per heavy atom. The van der Waals surface area contributed by atoms with E-state index < -0.39 is 0 Å². The molecule has 1 saturated heterocycles. The molecule has 1 aliphatic heterocycles. The Labute approximate surface area is 131 Å². The summed E-state index contributed by atoms with van der Waals surface area (Å²) >= 11 is 0. The molecular formula is C17H23N3O2. The van der Waals surface area contributed by atoms with E-state index in [1.54, 1.807) is 0 Å². The van der Waals surface area contributed by atoms with Gasteiger partial charge in [0.1, 0.15) is 0 Å². The lowest BCUT2D eigenvalue weighted by Crippen LogP contribution is -2.46. The summed E-state index contributed by atoms with van der Waals surface area (Å²) in [4.78, 5) is 14.3. The van der Waals surface area contributed by atoms with Crippen LogP contribution in [0.3, 0.4) is 0 Å². The van der Waals surface area contributed by atoms with Crippen molar-refractivity contribution in [1.29, 1.82) is 0 Å². The Morgan fingerprint density at radius 1 is 1.23 bits per heavy atom. The molecule has 0 bridgehead atoms. The van der Waals surface area contributed by atoms with Crippen molar-refractivity contribution in [3.8, 4) is 0 Å². The fourth-order valence-corrected chi connectivity index (χ4v) is 3.16. The zero-order valence-corrected chi connectivity index (χ0v) is 12.6. The number of carbonyl (C=O) groups is 1. The van der Waals surface area contributed by atoms with Crippen molar-refractivity contribution < 1.29 is 9.90 Å². The van der Waals surface area contributed by atoms with E-state index in [0.717, 1.165) is 25.9 Å². The molecule has 22 heavy (non-hydrogen) atoms. The number of rotatable bonds is 4. The van der Waals surface area contributed by atoms with Crippen molar-refractivity contribution >= 4 is 11.7 Å². The van der Waals surface area contributed by atoms with Crippen LogP contribution in [0.1, 0.15) is 12.8 Å². The van der Waals surface area contributed by atoms with Crippen molar-refractivity contribution in [2.24, 2.45) is 5.92 Å². The Kier molecular flexibility index (Phi) is 4.63. The second kappa shape index (κ2) is 6.83. The molecule has 5 nitrogen and oxygen atoms in total. The molecular weight excluding hydrogens is 278 g/mol. The van der Waals surface area contributed by atoms with Gasteiger partial charge >= 0.3 is 6.03 Å². The molecule has 5 heteroatoms. The Balaban J connectivity index is 1.44. The standard InChI is InChI=1S/C17H23N3O2/c21-12-13-6-7-14(10-13)18-17(22)19-15-8-9-20(11-15)16-4-2-1-3-5-16/h1-7,13-15,21H,8-12H2,(H2,18,19,22)/t13-,14+,15?/m0/s1. The average molecular weight is 301 g/mol. The third-order valence-electron chi connectivity index (χ3n) is 4.37. The van der Waals surface area contributed by atoms with Crippen molar-refractivity contribution in [1.82, 2.24) is 10.6 Å². The molecule has 118 valence electrons. The van der Waals surface area contributed by atoms with E-state index in [9.17, 15) is 4.79 Å². The van der Waals surface area contributed by atoms with E-state index in [4.69, 9.17) is 5.11 Å². The van der Waals surface area contributed by atoms with Crippen molar-refractivity contribution in [2.75, 3.05) is 24.6 Å². The average Bonchev–Trinajstić information content (AvgIpc) is 3.17. The minimum Gasteiger partial charge on any atom is -0.396 e. The molecule has 0 radical (unpaired) electrons. The molecule has 1 fully saturated rings. The summed E-state index contributed by atoms with van der Waals surface area (Å²) in [5.74, 6) is 0.172. The number of para-hydroxylation sites is 1. The van der Waals surface area contributed by atoms with Gasteiger partial charge in [-0.2, -0.15) is 0 Å². The Bertz CT molecular complexity index is 532. The maximum Gasteiger partial charge on any atom is 0.315 e. The molecule has 2 amide bonds. The third kappa shape index (κ3) is 3.60. The number of nitrogens with zero attached hydrogens (tertiary/aromatic N) is 1. The van der Waals surface area contributed by atoms with Crippen molar-refractivity contribution in [3.05, 3.63) is 42.5 Å². The first-order chi connectivity index (χ1) is 10.7. The SMILES string of the molecule is O=C(NC1CCN(c2ccccc2)C1)N[C@@H]1C=C[C@H](CO)C1. The molecule has 1 heterocycles. The summed E-state index contributed by atoms with van der Waals surface area (Å²) < 4.78 is 0. The Hall–Kier alpha value is -2.01. The van der Waals surface area contributed by atoms with Crippen LogP contribution in [0.5, 0.6) is 0 Å². The molecule has 3 rings (SSSR count). The molecule has 3 N–H and O–H groups in total. The molecule has 3 atom stereocenters. The Morgan fingerprint density at radius 3 is 2.77 bits per heavy atom. The molecule has 1 unspecified atom stereocenters. The second-order valence-electron chi connectivity index (χ2n) is 6.05. The highest BCUT2D eigenvalue weighted by molar-refractivity contribution is 5.75. The number of hydrogen-bond donors (Lipinski definition) is 3. The van der Waals surface area contributed by atoms with Crippen LogP contribution < -0.4 is 15.5 Å². The number of anilines is 1. The minimum atomic E-state index is -0.117. The second-order valence-corrected chi connectivity index (χ2v) is 6.05. The van der Waals surface area contributed by atoms with E-state index >= 15 is 0 Å². The van der Waals surface area contributed by atoms with Crippen LogP contribution in [0.2, 0.25) is 0 Å². The van der Waals surface area contributed by atoms with Crippen LogP contribution in [0.15, 0.2) is 42.5 Å².